The molecule has 0 aliphatic heterocycles. The fraction of sp³-hybridized carbons (Fsp3) is 0.333. The van der Waals surface area contributed by atoms with Gasteiger partial charge in [0.25, 0.3) is 0 Å². The maximum atomic E-state index is 11.5. The van der Waals surface area contributed by atoms with Gasteiger partial charge >= 0.3 is 5.97 Å². The first-order valence-electron chi connectivity index (χ1n) is 5.28. The summed E-state index contributed by atoms with van der Waals surface area (Å²) in [6.07, 6.45) is 0.709. The lowest BCUT2D eigenvalue weighted by atomic mass is 10.1. The molecule has 0 saturated carbocycles. The van der Waals surface area contributed by atoms with Gasteiger partial charge in [0.1, 0.15) is 0 Å². The lowest BCUT2D eigenvalue weighted by Gasteiger charge is -2.09. The number of halogens is 1. The zero-order chi connectivity index (χ0) is 12.8. The molecular formula is C12H14BrNO3. The van der Waals surface area contributed by atoms with Crippen LogP contribution in [0.5, 0.6) is 0 Å². The van der Waals surface area contributed by atoms with Crippen molar-refractivity contribution in [1.29, 1.82) is 0 Å². The maximum Gasteiger partial charge on any atom is 0.335 e. The minimum absolute atomic E-state index is 0.0896. The van der Waals surface area contributed by atoms with E-state index in [2.05, 4.69) is 21.2 Å². The van der Waals surface area contributed by atoms with E-state index in [-0.39, 0.29) is 16.3 Å². The first kappa shape index (κ1) is 13.7. The van der Waals surface area contributed by atoms with Crippen LogP contribution in [0.4, 0.5) is 0 Å². The monoisotopic (exact) mass is 299 g/mol. The molecule has 0 aliphatic carbocycles. The van der Waals surface area contributed by atoms with Crippen molar-refractivity contribution in [3.8, 4) is 0 Å². The van der Waals surface area contributed by atoms with E-state index >= 15 is 0 Å². The van der Waals surface area contributed by atoms with Crippen molar-refractivity contribution in [2.45, 2.75) is 24.7 Å². The molecule has 1 aromatic carbocycles. The Labute approximate surface area is 108 Å². The summed E-state index contributed by atoms with van der Waals surface area (Å²) in [7, 11) is 0. The SMILES string of the molecule is CCC(Br)C(=O)NCc1cccc(C(=O)O)c1. The minimum atomic E-state index is -0.967. The number of benzene rings is 1. The average Bonchev–Trinajstić information content (AvgIpc) is 2.35. The second-order valence-electron chi connectivity index (χ2n) is 3.60. The van der Waals surface area contributed by atoms with E-state index in [9.17, 15) is 9.59 Å². The highest BCUT2D eigenvalue weighted by molar-refractivity contribution is 9.10. The van der Waals surface area contributed by atoms with Gasteiger partial charge in [-0.25, -0.2) is 4.79 Å². The average molecular weight is 300 g/mol. The molecule has 0 spiro atoms. The number of carboxylic acid groups (broad SMARTS) is 1. The highest BCUT2D eigenvalue weighted by Gasteiger charge is 2.11. The van der Waals surface area contributed by atoms with Gasteiger partial charge < -0.3 is 10.4 Å². The van der Waals surface area contributed by atoms with Crippen LogP contribution in [-0.4, -0.2) is 21.8 Å². The summed E-state index contributed by atoms with van der Waals surface area (Å²) in [4.78, 5) is 22.0. The number of hydrogen-bond acceptors (Lipinski definition) is 2. The van der Waals surface area contributed by atoms with E-state index in [4.69, 9.17) is 5.11 Å². The van der Waals surface area contributed by atoms with Crippen LogP contribution in [0.25, 0.3) is 0 Å². The summed E-state index contributed by atoms with van der Waals surface area (Å²) in [5, 5.41) is 11.6. The van der Waals surface area contributed by atoms with Crippen LogP contribution < -0.4 is 5.32 Å². The Balaban J connectivity index is 2.60. The minimum Gasteiger partial charge on any atom is -0.478 e. The second-order valence-corrected chi connectivity index (χ2v) is 4.70. The highest BCUT2D eigenvalue weighted by atomic mass is 79.9. The van der Waals surface area contributed by atoms with Crippen molar-refractivity contribution < 1.29 is 14.7 Å². The van der Waals surface area contributed by atoms with Crippen molar-refractivity contribution >= 4 is 27.8 Å². The van der Waals surface area contributed by atoms with Crippen LogP contribution in [-0.2, 0) is 11.3 Å². The third kappa shape index (κ3) is 4.19. The van der Waals surface area contributed by atoms with Gasteiger partial charge in [-0.3, -0.25) is 4.79 Å². The van der Waals surface area contributed by atoms with Gasteiger partial charge in [-0.15, -0.1) is 0 Å². The van der Waals surface area contributed by atoms with Gasteiger partial charge in [0, 0.05) is 6.54 Å². The summed E-state index contributed by atoms with van der Waals surface area (Å²) in [6.45, 7) is 2.24. The molecule has 4 nitrogen and oxygen atoms in total. The van der Waals surface area contributed by atoms with E-state index in [0.29, 0.717) is 13.0 Å². The molecule has 0 bridgehead atoms. The predicted octanol–water partition coefficient (Wildman–Crippen LogP) is 2.17. The molecule has 0 radical (unpaired) electrons. The molecule has 1 amide bonds. The number of carbonyl (C=O) groups is 2. The summed E-state index contributed by atoms with van der Waals surface area (Å²) >= 11 is 3.25. The van der Waals surface area contributed by atoms with E-state index in [0.717, 1.165) is 5.56 Å². The molecule has 1 unspecified atom stereocenters. The van der Waals surface area contributed by atoms with Crippen molar-refractivity contribution in [3.05, 3.63) is 35.4 Å². The van der Waals surface area contributed by atoms with Crippen molar-refractivity contribution in [3.63, 3.8) is 0 Å². The fourth-order valence-corrected chi connectivity index (χ4v) is 1.46. The van der Waals surface area contributed by atoms with Crippen molar-refractivity contribution in [2.24, 2.45) is 0 Å². The van der Waals surface area contributed by atoms with Crippen LogP contribution in [0.3, 0.4) is 0 Å². The lowest BCUT2D eigenvalue weighted by molar-refractivity contribution is -0.120. The Bertz CT molecular complexity index is 420. The Hall–Kier alpha value is -1.36. The van der Waals surface area contributed by atoms with E-state index in [1.807, 2.05) is 6.92 Å². The second kappa shape index (κ2) is 6.39. The smallest absolute Gasteiger partial charge is 0.335 e. The van der Waals surface area contributed by atoms with E-state index in [1.165, 1.54) is 6.07 Å². The highest BCUT2D eigenvalue weighted by Crippen LogP contribution is 2.07. The van der Waals surface area contributed by atoms with Gasteiger partial charge in [0.2, 0.25) is 5.91 Å². The number of carbonyl (C=O) groups excluding carboxylic acids is 1. The number of rotatable bonds is 5. The third-order valence-electron chi connectivity index (χ3n) is 2.28. The predicted molar refractivity (Wildman–Crippen MR) is 68.3 cm³/mol. The Morgan fingerprint density at radius 1 is 1.47 bits per heavy atom. The molecule has 0 heterocycles. The summed E-state index contributed by atoms with van der Waals surface area (Å²) < 4.78 is 0. The van der Waals surface area contributed by atoms with E-state index < -0.39 is 5.97 Å². The van der Waals surface area contributed by atoms with Crippen LogP contribution >= 0.6 is 15.9 Å². The number of hydrogen-bond donors (Lipinski definition) is 2. The van der Waals surface area contributed by atoms with Crippen LogP contribution in [0.2, 0.25) is 0 Å². The van der Waals surface area contributed by atoms with Crippen LogP contribution in [0.1, 0.15) is 29.3 Å². The molecule has 92 valence electrons. The molecular weight excluding hydrogens is 286 g/mol. The molecule has 5 heteroatoms. The largest absolute Gasteiger partial charge is 0.478 e. The van der Waals surface area contributed by atoms with Crippen molar-refractivity contribution in [1.82, 2.24) is 5.32 Å². The van der Waals surface area contributed by atoms with Gasteiger partial charge in [-0.2, -0.15) is 0 Å². The molecule has 0 saturated heterocycles. The molecule has 2 N–H and O–H groups in total. The normalized spacial score (nSPS) is 11.9. The Kier molecular flexibility index (Phi) is 5.15. The quantitative estimate of drug-likeness (QED) is 0.819. The topological polar surface area (TPSA) is 66.4 Å². The van der Waals surface area contributed by atoms with E-state index in [1.54, 1.807) is 18.2 Å². The zero-order valence-electron chi connectivity index (χ0n) is 9.44. The maximum absolute atomic E-state index is 11.5. The Morgan fingerprint density at radius 2 is 2.18 bits per heavy atom. The molecule has 17 heavy (non-hydrogen) atoms. The molecule has 0 aromatic heterocycles. The summed E-state index contributed by atoms with van der Waals surface area (Å²) in [5.41, 5.74) is 0.997. The first-order chi connectivity index (χ1) is 8.04. The fourth-order valence-electron chi connectivity index (χ4n) is 1.30. The molecule has 0 fully saturated rings. The summed E-state index contributed by atoms with van der Waals surface area (Å²) in [5.74, 6) is -1.06. The van der Waals surface area contributed by atoms with Gasteiger partial charge in [-0.05, 0) is 24.1 Å². The molecule has 1 rings (SSSR count). The van der Waals surface area contributed by atoms with Gasteiger partial charge in [0.05, 0.1) is 10.4 Å². The Morgan fingerprint density at radius 3 is 2.76 bits per heavy atom. The van der Waals surface area contributed by atoms with Crippen LogP contribution in [0, 0.1) is 0 Å². The summed E-state index contributed by atoms with van der Waals surface area (Å²) in [6, 6.07) is 6.52. The van der Waals surface area contributed by atoms with Crippen molar-refractivity contribution in [2.75, 3.05) is 0 Å². The third-order valence-corrected chi connectivity index (χ3v) is 3.35. The molecule has 1 atom stereocenters. The number of aromatic carboxylic acids is 1. The number of amides is 1. The number of nitrogens with one attached hydrogen (secondary N) is 1. The first-order valence-corrected chi connectivity index (χ1v) is 6.20. The van der Waals surface area contributed by atoms with Gasteiger partial charge in [-0.1, -0.05) is 35.0 Å². The number of carboxylic acids is 1. The zero-order valence-corrected chi connectivity index (χ0v) is 11.0. The molecule has 1 aromatic rings. The number of alkyl halides is 1. The molecule has 0 aliphatic rings. The standard InChI is InChI=1S/C12H14BrNO3/c1-2-10(13)11(15)14-7-8-4-3-5-9(6-8)12(16)17/h3-6,10H,2,7H2,1H3,(H,14,15)(H,16,17). The van der Waals surface area contributed by atoms with Gasteiger partial charge in [0.15, 0.2) is 0 Å². The van der Waals surface area contributed by atoms with Crippen LogP contribution in [0.15, 0.2) is 24.3 Å². The lowest BCUT2D eigenvalue weighted by Crippen LogP contribution is -2.30.